The average molecular weight is 238 g/mol. The lowest BCUT2D eigenvalue weighted by Crippen LogP contribution is -2.23. The molecule has 0 saturated heterocycles. The highest BCUT2D eigenvalue weighted by molar-refractivity contribution is 5.87. The van der Waals surface area contributed by atoms with Crippen LogP contribution < -0.4 is 10.4 Å². The molecule has 0 unspecified atom stereocenters. The van der Waals surface area contributed by atoms with Gasteiger partial charge < -0.3 is 9.47 Å². The van der Waals surface area contributed by atoms with Crippen molar-refractivity contribution in [2.45, 2.75) is 0 Å². The molecule has 18 heavy (non-hydrogen) atoms. The smallest absolute Gasteiger partial charge is 0.144 e. The topological polar surface area (TPSA) is 66.0 Å². The Hall–Kier alpha value is -2.72. The Bertz CT molecular complexity index is 669. The highest BCUT2D eigenvalue weighted by atomic mass is 16.5. The van der Waals surface area contributed by atoms with Gasteiger partial charge in [0.2, 0.25) is 0 Å². The summed E-state index contributed by atoms with van der Waals surface area (Å²) in [5.41, 5.74) is 0.408. The monoisotopic (exact) mass is 238 g/mol. The van der Waals surface area contributed by atoms with Crippen LogP contribution in [0.4, 0.5) is 0 Å². The van der Waals surface area contributed by atoms with Crippen LogP contribution in [0.25, 0.3) is 11.5 Å². The van der Waals surface area contributed by atoms with Crippen LogP contribution in [-0.4, -0.2) is 14.2 Å². The second-order valence-electron chi connectivity index (χ2n) is 3.59. The summed E-state index contributed by atoms with van der Waals surface area (Å²) in [6, 6.07) is 11.2. The van der Waals surface area contributed by atoms with Crippen LogP contribution in [0.5, 0.6) is 0 Å². The van der Waals surface area contributed by atoms with E-state index in [-0.39, 0.29) is 5.57 Å². The molecule has 1 aromatic carbocycles. The van der Waals surface area contributed by atoms with Crippen molar-refractivity contribution < 1.29 is 9.47 Å². The van der Waals surface area contributed by atoms with Gasteiger partial charge in [0, 0.05) is 10.4 Å². The lowest BCUT2D eigenvalue weighted by Gasteiger charge is -2.08. The number of hydrogen-bond donors (Lipinski definition) is 0. The number of rotatable bonds is 2. The largest absolute Gasteiger partial charge is 0.495 e. The van der Waals surface area contributed by atoms with E-state index >= 15 is 0 Å². The second-order valence-corrected chi connectivity index (χ2v) is 3.59. The van der Waals surface area contributed by atoms with Crippen LogP contribution in [0.2, 0.25) is 0 Å². The van der Waals surface area contributed by atoms with Crippen LogP contribution in [0.15, 0.2) is 35.4 Å². The number of allylic oxidation sites excluding steroid dienone is 1. The standard InChI is InChI=1S/C14H10N2O2/c1-17-13-10-5-3-4-6-11(10)14(18-2)12(13)9(7-15)8-16/h3-6H,1-2H3. The molecule has 0 heterocycles. The summed E-state index contributed by atoms with van der Waals surface area (Å²) in [6.45, 7) is 0. The Kier molecular flexibility index (Phi) is 3.03. The number of nitrogens with zero attached hydrogens (tertiary/aromatic N) is 2. The summed E-state index contributed by atoms with van der Waals surface area (Å²) >= 11 is 0. The van der Waals surface area contributed by atoms with Crippen molar-refractivity contribution >= 4 is 11.5 Å². The Balaban J connectivity index is 2.99. The fourth-order valence-corrected chi connectivity index (χ4v) is 2.04. The molecule has 0 radical (unpaired) electrons. The average Bonchev–Trinajstić information content (AvgIpc) is 2.73. The van der Waals surface area contributed by atoms with E-state index in [0.717, 1.165) is 10.4 Å². The lowest BCUT2D eigenvalue weighted by atomic mass is 10.1. The predicted molar refractivity (Wildman–Crippen MR) is 64.8 cm³/mol. The fourth-order valence-electron chi connectivity index (χ4n) is 2.04. The van der Waals surface area contributed by atoms with Gasteiger partial charge in [0.15, 0.2) is 0 Å². The van der Waals surface area contributed by atoms with Gasteiger partial charge in [-0.1, -0.05) is 24.3 Å². The first-order chi connectivity index (χ1) is 8.78. The van der Waals surface area contributed by atoms with E-state index in [1.165, 1.54) is 14.2 Å². The van der Waals surface area contributed by atoms with Crippen molar-refractivity contribution in [3.8, 4) is 12.1 Å². The van der Waals surface area contributed by atoms with Gasteiger partial charge in [0.05, 0.1) is 19.8 Å². The molecule has 0 amide bonds. The Morgan fingerprint density at radius 2 is 1.39 bits per heavy atom. The molecule has 0 saturated carbocycles. The normalized spacial score (nSPS) is 12.6. The van der Waals surface area contributed by atoms with Gasteiger partial charge in [0.1, 0.15) is 29.2 Å². The van der Waals surface area contributed by atoms with E-state index in [1.54, 1.807) is 0 Å². The Morgan fingerprint density at radius 3 is 1.72 bits per heavy atom. The molecule has 0 fully saturated rings. The third kappa shape index (κ3) is 1.52. The number of ether oxygens (including phenoxy) is 2. The first-order valence-corrected chi connectivity index (χ1v) is 5.25. The minimum Gasteiger partial charge on any atom is -0.495 e. The van der Waals surface area contributed by atoms with E-state index in [9.17, 15) is 0 Å². The molecule has 0 aromatic heterocycles. The zero-order chi connectivity index (χ0) is 13.1. The SMILES string of the molecule is COC1=c2ccccc2=C(OC)C1=C(C#N)C#N. The summed E-state index contributed by atoms with van der Waals surface area (Å²) in [6.07, 6.45) is 0. The van der Waals surface area contributed by atoms with Gasteiger partial charge in [-0.15, -0.1) is 0 Å². The molecule has 1 aromatic rings. The summed E-state index contributed by atoms with van der Waals surface area (Å²) in [5.74, 6) is 1.00. The predicted octanol–water partition coefficient (Wildman–Crippen LogP) is 0.553. The van der Waals surface area contributed by atoms with Crippen LogP contribution >= 0.6 is 0 Å². The Labute approximate surface area is 104 Å². The number of nitriles is 2. The quantitative estimate of drug-likeness (QED) is 0.706. The first-order valence-electron chi connectivity index (χ1n) is 5.25. The molecule has 0 atom stereocenters. The van der Waals surface area contributed by atoms with Crippen LogP contribution in [-0.2, 0) is 9.47 Å². The van der Waals surface area contributed by atoms with Gasteiger partial charge in [-0.3, -0.25) is 0 Å². The fraction of sp³-hybridized carbons (Fsp3) is 0.143. The molecule has 1 aliphatic rings. The van der Waals surface area contributed by atoms with E-state index < -0.39 is 0 Å². The molecule has 88 valence electrons. The molecule has 1 aliphatic carbocycles. The van der Waals surface area contributed by atoms with Gasteiger partial charge in [-0.2, -0.15) is 10.5 Å². The number of hydrogen-bond acceptors (Lipinski definition) is 4. The third-order valence-corrected chi connectivity index (χ3v) is 2.75. The zero-order valence-corrected chi connectivity index (χ0v) is 10.0. The molecule has 0 spiro atoms. The maximum atomic E-state index is 9.02. The van der Waals surface area contributed by atoms with Crippen molar-refractivity contribution in [3.05, 3.63) is 45.8 Å². The maximum absolute atomic E-state index is 9.02. The molecule has 4 heteroatoms. The highest BCUT2D eigenvalue weighted by Crippen LogP contribution is 2.26. The van der Waals surface area contributed by atoms with Crippen LogP contribution in [0.3, 0.4) is 0 Å². The maximum Gasteiger partial charge on any atom is 0.144 e. The van der Waals surface area contributed by atoms with Gasteiger partial charge in [-0.05, 0) is 0 Å². The summed E-state index contributed by atoms with van der Waals surface area (Å²) in [4.78, 5) is 0. The third-order valence-electron chi connectivity index (χ3n) is 2.75. The van der Waals surface area contributed by atoms with Gasteiger partial charge in [-0.25, -0.2) is 0 Å². The van der Waals surface area contributed by atoms with Crippen LogP contribution in [0.1, 0.15) is 0 Å². The van der Waals surface area contributed by atoms with Crippen molar-refractivity contribution in [1.82, 2.24) is 0 Å². The van der Waals surface area contributed by atoms with Crippen LogP contribution in [0, 0.1) is 22.7 Å². The van der Waals surface area contributed by atoms with Crippen molar-refractivity contribution in [1.29, 1.82) is 10.5 Å². The second kappa shape index (κ2) is 4.65. The highest BCUT2D eigenvalue weighted by Gasteiger charge is 2.25. The minimum atomic E-state index is -0.0140. The van der Waals surface area contributed by atoms with E-state index in [2.05, 4.69) is 0 Å². The number of fused-ring (bicyclic) bond motifs is 1. The Morgan fingerprint density at radius 1 is 0.944 bits per heavy atom. The van der Waals surface area contributed by atoms with Gasteiger partial charge in [0.25, 0.3) is 0 Å². The van der Waals surface area contributed by atoms with Crippen molar-refractivity contribution in [3.63, 3.8) is 0 Å². The zero-order valence-electron chi connectivity index (χ0n) is 10.0. The summed E-state index contributed by atoms with van der Waals surface area (Å²) < 4.78 is 10.6. The van der Waals surface area contributed by atoms with Crippen molar-refractivity contribution in [2.24, 2.45) is 0 Å². The van der Waals surface area contributed by atoms with E-state index in [0.29, 0.717) is 17.1 Å². The molecule has 0 bridgehead atoms. The summed E-state index contributed by atoms with van der Waals surface area (Å²) in [5, 5.41) is 19.7. The molecule has 0 aliphatic heterocycles. The van der Waals surface area contributed by atoms with E-state index in [4.69, 9.17) is 20.0 Å². The first kappa shape index (κ1) is 11.8. The molecule has 0 N–H and O–H groups in total. The van der Waals surface area contributed by atoms with E-state index in [1.807, 2.05) is 36.4 Å². The van der Waals surface area contributed by atoms with Gasteiger partial charge >= 0.3 is 0 Å². The molecule has 4 nitrogen and oxygen atoms in total. The number of benzene rings is 1. The minimum absolute atomic E-state index is 0.0140. The molecule has 2 rings (SSSR count). The summed E-state index contributed by atoms with van der Waals surface area (Å²) in [7, 11) is 3.02. The number of methoxy groups -OCH3 is 2. The lowest BCUT2D eigenvalue weighted by molar-refractivity contribution is 0.350. The molecular weight excluding hydrogens is 228 g/mol. The molecular formula is C14H10N2O2. The van der Waals surface area contributed by atoms with Crippen molar-refractivity contribution in [2.75, 3.05) is 14.2 Å².